The van der Waals surface area contributed by atoms with Crippen LogP contribution in [-0.4, -0.2) is 26.7 Å². The van der Waals surface area contributed by atoms with Crippen molar-refractivity contribution < 1.29 is 17.9 Å². The number of hydrogen-bond acceptors (Lipinski definition) is 3. The van der Waals surface area contributed by atoms with E-state index in [-0.39, 0.29) is 28.4 Å². The number of nitrogens with one attached hydrogen (secondary N) is 1. The zero-order valence-electron chi connectivity index (χ0n) is 9.15. The van der Waals surface area contributed by atoms with Gasteiger partial charge in [-0.15, -0.1) is 0 Å². The molecule has 0 aromatic heterocycles. The van der Waals surface area contributed by atoms with Gasteiger partial charge >= 0.3 is 0 Å². The molecule has 4 nitrogen and oxygen atoms in total. The average molecular weight is 326 g/mol. The van der Waals surface area contributed by atoms with E-state index < -0.39 is 15.8 Å². The minimum Gasteiger partial charge on any atom is -0.396 e. The Morgan fingerprint density at radius 3 is 2.71 bits per heavy atom. The van der Waals surface area contributed by atoms with Crippen molar-refractivity contribution in [2.75, 3.05) is 13.2 Å². The highest BCUT2D eigenvalue weighted by Gasteiger charge is 2.16. The van der Waals surface area contributed by atoms with Crippen LogP contribution >= 0.6 is 15.9 Å². The van der Waals surface area contributed by atoms with E-state index in [0.717, 1.165) is 6.07 Å². The third kappa shape index (κ3) is 4.02. The molecule has 0 aliphatic carbocycles. The number of aliphatic hydroxyl groups excluding tert-OH is 1. The number of sulfonamides is 1. The SMILES string of the molecule is CC(CO)CNS(=O)(=O)c1ccc(Br)c(F)c1. The van der Waals surface area contributed by atoms with Crippen molar-refractivity contribution in [1.29, 1.82) is 0 Å². The highest BCUT2D eigenvalue weighted by molar-refractivity contribution is 9.10. The lowest BCUT2D eigenvalue weighted by Gasteiger charge is -2.10. The minimum atomic E-state index is -3.73. The zero-order chi connectivity index (χ0) is 13.1. The van der Waals surface area contributed by atoms with Gasteiger partial charge in [0.2, 0.25) is 10.0 Å². The van der Waals surface area contributed by atoms with E-state index in [0.29, 0.717) is 0 Å². The fourth-order valence-electron chi connectivity index (χ4n) is 1.04. The summed E-state index contributed by atoms with van der Waals surface area (Å²) in [7, 11) is -3.73. The number of halogens is 2. The average Bonchev–Trinajstić information content (AvgIpc) is 2.29. The van der Waals surface area contributed by atoms with Crippen LogP contribution in [0.1, 0.15) is 6.92 Å². The molecule has 0 spiro atoms. The maximum absolute atomic E-state index is 13.2. The molecule has 0 amide bonds. The molecule has 0 saturated carbocycles. The Bertz CT molecular complexity index is 492. The summed E-state index contributed by atoms with van der Waals surface area (Å²) in [5.41, 5.74) is 0. The Balaban J connectivity index is 2.86. The van der Waals surface area contributed by atoms with Crippen molar-refractivity contribution in [3.63, 3.8) is 0 Å². The van der Waals surface area contributed by atoms with Gasteiger partial charge in [-0.2, -0.15) is 0 Å². The van der Waals surface area contributed by atoms with Gasteiger partial charge in [0.15, 0.2) is 0 Å². The maximum atomic E-state index is 13.2. The van der Waals surface area contributed by atoms with Crippen LogP contribution in [-0.2, 0) is 10.0 Å². The van der Waals surface area contributed by atoms with E-state index in [1.165, 1.54) is 12.1 Å². The fourth-order valence-corrected chi connectivity index (χ4v) is 2.47. The topological polar surface area (TPSA) is 66.4 Å². The van der Waals surface area contributed by atoms with E-state index >= 15 is 0 Å². The van der Waals surface area contributed by atoms with Gasteiger partial charge < -0.3 is 5.11 Å². The first-order valence-electron chi connectivity index (χ1n) is 4.92. The van der Waals surface area contributed by atoms with Gasteiger partial charge in [0.05, 0.1) is 9.37 Å². The van der Waals surface area contributed by atoms with Crippen molar-refractivity contribution in [2.45, 2.75) is 11.8 Å². The highest BCUT2D eigenvalue weighted by atomic mass is 79.9. The lowest BCUT2D eigenvalue weighted by atomic mass is 10.2. The molecular formula is C10H13BrFNO3S. The molecule has 0 aliphatic heterocycles. The summed E-state index contributed by atoms with van der Waals surface area (Å²) in [5.74, 6) is -0.826. The Labute approximate surface area is 108 Å². The molecule has 0 bridgehead atoms. The van der Waals surface area contributed by atoms with Gasteiger partial charge in [-0.25, -0.2) is 17.5 Å². The molecule has 0 saturated heterocycles. The van der Waals surface area contributed by atoms with Gasteiger partial charge in [-0.05, 0) is 40.0 Å². The number of aliphatic hydroxyl groups is 1. The molecule has 0 radical (unpaired) electrons. The van der Waals surface area contributed by atoms with Crippen LogP contribution in [0.25, 0.3) is 0 Å². The van der Waals surface area contributed by atoms with Crippen LogP contribution in [0, 0.1) is 11.7 Å². The molecule has 1 atom stereocenters. The van der Waals surface area contributed by atoms with Crippen LogP contribution in [0.15, 0.2) is 27.6 Å². The van der Waals surface area contributed by atoms with Crippen LogP contribution < -0.4 is 4.72 Å². The predicted molar refractivity (Wildman–Crippen MR) is 65.5 cm³/mol. The van der Waals surface area contributed by atoms with E-state index in [1.807, 2.05) is 0 Å². The smallest absolute Gasteiger partial charge is 0.240 e. The third-order valence-electron chi connectivity index (χ3n) is 2.13. The summed E-state index contributed by atoms with van der Waals surface area (Å²) in [6.07, 6.45) is 0. The number of hydrogen-bond donors (Lipinski definition) is 2. The second-order valence-corrected chi connectivity index (χ2v) is 6.34. The monoisotopic (exact) mass is 325 g/mol. The molecular weight excluding hydrogens is 313 g/mol. The van der Waals surface area contributed by atoms with Crippen LogP contribution in [0.4, 0.5) is 4.39 Å². The van der Waals surface area contributed by atoms with Gasteiger partial charge in [0.1, 0.15) is 5.82 Å². The Morgan fingerprint density at radius 2 is 2.18 bits per heavy atom. The molecule has 0 aliphatic rings. The van der Waals surface area contributed by atoms with Crippen molar-refractivity contribution in [1.82, 2.24) is 4.72 Å². The molecule has 1 aromatic rings. The first-order chi connectivity index (χ1) is 7.86. The Morgan fingerprint density at radius 1 is 1.53 bits per heavy atom. The standard InChI is InChI=1S/C10H13BrFNO3S/c1-7(6-14)5-13-17(15,16)8-2-3-9(11)10(12)4-8/h2-4,7,13-14H,5-6H2,1H3. The molecule has 17 heavy (non-hydrogen) atoms. The van der Waals surface area contributed by atoms with Crippen molar-refractivity contribution >= 4 is 26.0 Å². The maximum Gasteiger partial charge on any atom is 0.240 e. The Kier molecular flexibility index (Phi) is 5.05. The summed E-state index contributed by atoms with van der Waals surface area (Å²) in [6, 6.07) is 3.58. The van der Waals surface area contributed by atoms with E-state index in [1.54, 1.807) is 6.92 Å². The van der Waals surface area contributed by atoms with Crippen molar-refractivity contribution in [3.8, 4) is 0 Å². The fraction of sp³-hybridized carbons (Fsp3) is 0.400. The first-order valence-corrected chi connectivity index (χ1v) is 7.20. The van der Waals surface area contributed by atoms with Gasteiger partial charge in [-0.1, -0.05) is 6.92 Å². The lowest BCUT2D eigenvalue weighted by Crippen LogP contribution is -2.29. The molecule has 0 heterocycles. The second kappa shape index (κ2) is 5.90. The van der Waals surface area contributed by atoms with E-state index in [9.17, 15) is 12.8 Å². The summed E-state index contributed by atoms with van der Waals surface area (Å²) >= 11 is 2.95. The number of rotatable bonds is 5. The van der Waals surface area contributed by atoms with Crippen molar-refractivity contribution in [3.05, 3.63) is 28.5 Å². The van der Waals surface area contributed by atoms with E-state index in [4.69, 9.17) is 5.11 Å². The molecule has 0 fully saturated rings. The largest absolute Gasteiger partial charge is 0.396 e. The zero-order valence-corrected chi connectivity index (χ0v) is 11.6. The number of benzene rings is 1. The summed E-state index contributed by atoms with van der Waals surface area (Å²) in [4.78, 5) is -0.136. The van der Waals surface area contributed by atoms with E-state index in [2.05, 4.69) is 20.7 Å². The summed E-state index contributed by atoms with van der Waals surface area (Å²) < 4.78 is 39.2. The second-order valence-electron chi connectivity index (χ2n) is 3.72. The summed E-state index contributed by atoms with van der Waals surface area (Å²) in [5, 5.41) is 8.78. The molecule has 96 valence electrons. The first kappa shape index (κ1) is 14.6. The molecule has 1 rings (SSSR count). The molecule has 1 unspecified atom stereocenters. The quantitative estimate of drug-likeness (QED) is 0.862. The predicted octanol–water partition coefficient (Wildman–Crippen LogP) is 1.49. The molecule has 7 heteroatoms. The van der Waals surface area contributed by atoms with Gasteiger partial charge in [0, 0.05) is 13.2 Å². The van der Waals surface area contributed by atoms with Crippen molar-refractivity contribution in [2.24, 2.45) is 5.92 Å². The minimum absolute atomic E-state index is 0.108. The Hall–Kier alpha value is -0.500. The van der Waals surface area contributed by atoms with Crippen LogP contribution in [0.5, 0.6) is 0 Å². The molecule has 2 N–H and O–H groups in total. The molecule has 1 aromatic carbocycles. The van der Waals surface area contributed by atoms with Crippen LogP contribution in [0.3, 0.4) is 0 Å². The highest BCUT2D eigenvalue weighted by Crippen LogP contribution is 2.19. The van der Waals surface area contributed by atoms with Crippen LogP contribution in [0.2, 0.25) is 0 Å². The summed E-state index contributed by atoms with van der Waals surface area (Å²) in [6.45, 7) is 1.69. The lowest BCUT2D eigenvalue weighted by molar-refractivity contribution is 0.238. The third-order valence-corrected chi connectivity index (χ3v) is 4.20. The van der Waals surface area contributed by atoms with Gasteiger partial charge in [0.25, 0.3) is 0 Å². The normalized spacial score (nSPS) is 13.6. The van der Waals surface area contributed by atoms with Gasteiger partial charge in [-0.3, -0.25) is 0 Å².